The van der Waals surface area contributed by atoms with Gasteiger partial charge in [0.25, 0.3) is 0 Å². The molecule has 20 heavy (non-hydrogen) atoms. The van der Waals surface area contributed by atoms with Gasteiger partial charge in [0.15, 0.2) is 0 Å². The van der Waals surface area contributed by atoms with Gasteiger partial charge in [0.1, 0.15) is 0 Å². The predicted molar refractivity (Wildman–Crippen MR) is 85.2 cm³/mol. The maximum atomic E-state index is 6.53. The second-order valence-electron chi connectivity index (χ2n) is 5.40. The summed E-state index contributed by atoms with van der Waals surface area (Å²) in [5.74, 6) is 0.131. The largest absolute Gasteiger partial charge is 0.309 e. The smallest absolute Gasteiger partial charge is 0.0969 e. The molecule has 2 heteroatoms. The van der Waals surface area contributed by atoms with Crippen LogP contribution in [0.2, 0.25) is 0 Å². The van der Waals surface area contributed by atoms with Gasteiger partial charge in [0, 0.05) is 5.92 Å². The zero-order valence-corrected chi connectivity index (χ0v) is 12.1. The molecule has 0 bridgehead atoms. The number of unbranched alkanes of at least 4 members (excludes halogenated alkanes) is 1. The number of rotatable bonds is 6. The van der Waals surface area contributed by atoms with Crippen LogP contribution in [0.1, 0.15) is 43.2 Å². The summed E-state index contributed by atoms with van der Waals surface area (Å²) in [5, 5.41) is 0. The topological polar surface area (TPSA) is 52.0 Å². The molecule has 0 aliphatic rings. The fraction of sp³-hybridized carbons (Fsp3) is 0.333. The van der Waals surface area contributed by atoms with Crippen molar-refractivity contribution < 1.29 is 0 Å². The van der Waals surface area contributed by atoms with E-state index in [2.05, 4.69) is 31.2 Å². The summed E-state index contributed by atoms with van der Waals surface area (Å²) in [5.41, 5.74) is 14.4. The molecule has 0 saturated carbocycles. The Morgan fingerprint density at radius 2 is 1.45 bits per heavy atom. The molecule has 1 atom stereocenters. The van der Waals surface area contributed by atoms with E-state index in [9.17, 15) is 0 Å². The molecule has 4 N–H and O–H groups in total. The van der Waals surface area contributed by atoms with Crippen LogP contribution in [0.25, 0.3) is 0 Å². The third-order valence-corrected chi connectivity index (χ3v) is 3.90. The fourth-order valence-corrected chi connectivity index (χ4v) is 2.70. The van der Waals surface area contributed by atoms with Gasteiger partial charge in [0.2, 0.25) is 0 Å². The van der Waals surface area contributed by atoms with Gasteiger partial charge in [-0.2, -0.15) is 0 Å². The highest BCUT2D eigenvalue weighted by atomic mass is 15.0. The van der Waals surface area contributed by atoms with Crippen molar-refractivity contribution in [3.63, 3.8) is 0 Å². The second-order valence-corrected chi connectivity index (χ2v) is 5.40. The minimum absolute atomic E-state index is 0.131. The van der Waals surface area contributed by atoms with E-state index in [0.717, 1.165) is 24.8 Å². The predicted octanol–water partition coefficient (Wildman–Crippen LogP) is 3.73. The van der Waals surface area contributed by atoms with E-state index in [1.54, 1.807) is 0 Å². The van der Waals surface area contributed by atoms with Gasteiger partial charge < -0.3 is 11.5 Å². The van der Waals surface area contributed by atoms with E-state index in [1.165, 1.54) is 5.56 Å². The van der Waals surface area contributed by atoms with E-state index in [-0.39, 0.29) is 5.92 Å². The van der Waals surface area contributed by atoms with E-state index in [1.807, 2.05) is 36.4 Å². The lowest BCUT2D eigenvalue weighted by Crippen LogP contribution is -2.51. The second kappa shape index (κ2) is 6.69. The molecule has 0 aromatic heterocycles. The highest BCUT2D eigenvalue weighted by Gasteiger charge is 2.33. The lowest BCUT2D eigenvalue weighted by molar-refractivity contribution is 0.341. The van der Waals surface area contributed by atoms with Gasteiger partial charge in [-0.1, -0.05) is 80.4 Å². The van der Waals surface area contributed by atoms with Crippen LogP contribution in [-0.4, -0.2) is 0 Å². The van der Waals surface area contributed by atoms with Crippen LogP contribution in [0.15, 0.2) is 60.7 Å². The monoisotopic (exact) mass is 268 g/mol. The van der Waals surface area contributed by atoms with Crippen molar-refractivity contribution in [2.24, 2.45) is 11.5 Å². The molecule has 0 aliphatic carbocycles. The summed E-state index contributed by atoms with van der Waals surface area (Å²) < 4.78 is 0. The van der Waals surface area contributed by atoms with E-state index in [4.69, 9.17) is 11.5 Å². The molecule has 0 aliphatic heterocycles. The van der Waals surface area contributed by atoms with Crippen LogP contribution in [0.4, 0.5) is 0 Å². The van der Waals surface area contributed by atoms with Gasteiger partial charge >= 0.3 is 0 Å². The summed E-state index contributed by atoms with van der Waals surface area (Å²) in [6.07, 6.45) is 3.28. The maximum absolute atomic E-state index is 6.53. The van der Waals surface area contributed by atoms with Gasteiger partial charge in [0.05, 0.1) is 5.66 Å². The number of nitrogens with two attached hydrogens (primary N) is 2. The first-order valence-electron chi connectivity index (χ1n) is 7.34. The zero-order chi connectivity index (χ0) is 14.4. The number of hydrogen-bond donors (Lipinski definition) is 2. The van der Waals surface area contributed by atoms with Crippen molar-refractivity contribution in [1.29, 1.82) is 0 Å². The third kappa shape index (κ3) is 3.27. The molecule has 0 spiro atoms. The Kier molecular flexibility index (Phi) is 4.94. The molecule has 1 unspecified atom stereocenters. The molecule has 2 nitrogen and oxygen atoms in total. The molecule has 0 saturated heterocycles. The summed E-state index contributed by atoms with van der Waals surface area (Å²) >= 11 is 0. The zero-order valence-electron chi connectivity index (χ0n) is 12.1. The van der Waals surface area contributed by atoms with Gasteiger partial charge in [-0.15, -0.1) is 0 Å². The van der Waals surface area contributed by atoms with Gasteiger partial charge in [-0.3, -0.25) is 0 Å². The van der Waals surface area contributed by atoms with Crippen LogP contribution in [0.3, 0.4) is 0 Å². The van der Waals surface area contributed by atoms with Gasteiger partial charge in [-0.25, -0.2) is 0 Å². The maximum Gasteiger partial charge on any atom is 0.0969 e. The van der Waals surface area contributed by atoms with Crippen LogP contribution >= 0.6 is 0 Å². The van der Waals surface area contributed by atoms with Gasteiger partial charge in [-0.05, 0) is 17.5 Å². The van der Waals surface area contributed by atoms with Crippen LogP contribution < -0.4 is 11.5 Å². The minimum Gasteiger partial charge on any atom is -0.309 e. The Morgan fingerprint density at radius 1 is 0.900 bits per heavy atom. The minimum atomic E-state index is -0.836. The Labute approximate surface area is 121 Å². The first kappa shape index (κ1) is 14.8. The first-order valence-corrected chi connectivity index (χ1v) is 7.34. The van der Waals surface area contributed by atoms with Crippen LogP contribution in [0.5, 0.6) is 0 Å². The molecular weight excluding hydrogens is 244 g/mol. The normalized spacial score (nSPS) is 13.2. The molecule has 0 radical (unpaired) electrons. The lowest BCUT2D eigenvalue weighted by atomic mass is 9.79. The quantitative estimate of drug-likeness (QED) is 0.784. The fourth-order valence-electron chi connectivity index (χ4n) is 2.70. The molecule has 0 heterocycles. The van der Waals surface area contributed by atoms with Crippen molar-refractivity contribution in [2.75, 3.05) is 0 Å². The van der Waals surface area contributed by atoms with E-state index < -0.39 is 5.66 Å². The highest BCUT2D eigenvalue weighted by molar-refractivity contribution is 5.31. The Morgan fingerprint density at radius 3 is 2.00 bits per heavy atom. The molecule has 2 aromatic rings. The van der Waals surface area contributed by atoms with Crippen molar-refractivity contribution >= 4 is 0 Å². The van der Waals surface area contributed by atoms with Crippen LogP contribution in [-0.2, 0) is 5.66 Å². The average molecular weight is 268 g/mol. The SMILES string of the molecule is CCCCC(c1ccccc1)C(N)(N)c1ccccc1. The Bertz CT molecular complexity index is 505. The summed E-state index contributed by atoms with van der Waals surface area (Å²) in [7, 11) is 0. The standard InChI is InChI=1S/C18H24N2/c1-2-3-14-17(15-10-6-4-7-11-15)18(19,20)16-12-8-5-9-13-16/h4-13,17H,2-3,14,19-20H2,1H3. The number of benzene rings is 2. The average Bonchev–Trinajstić information content (AvgIpc) is 2.49. The molecule has 2 rings (SSSR count). The summed E-state index contributed by atoms with van der Waals surface area (Å²) in [4.78, 5) is 0. The van der Waals surface area contributed by atoms with E-state index >= 15 is 0 Å². The summed E-state index contributed by atoms with van der Waals surface area (Å²) in [6.45, 7) is 2.19. The number of hydrogen-bond acceptors (Lipinski definition) is 2. The molecule has 0 fully saturated rings. The van der Waals surface area contributed by atoms with Crippen LogP contribution in [0, 0.1) is 0 Å². The van der Waals surface area contributed by atoms with E-state index in [0.29, 0.717) is 0 Å². The Balaban J connectivity index is 2.35. The summed E-state index contributed by atoms with van der Waals surface area (Å²) in [6, 6.07) is 20.4. The third-order valence-electron chi connectivity index (χ3n) is 3.90. The Hall–Kier alpha value is -1.64. The van der Waals surface area contributed by atoms with Crippen molar-refractivity contribution in [2.45, 2.75) is 37.8 Å². The molecule has 2 aromatic carbocycles. The van der Waals surface area contributed by atoms with Crippen molar-refractivity contribution in [1.82, 2.24) is 0 Å². The lowest BCUT2D eigenvalue weighted by Gasteiger charge is -2.35. The molecular formula is C18H24N2. The molecule has 0 amide bonds. The van der Waals surface area contributed by atoms with Crippen molar-refractivity contribution in [3.05, 3.63) is 71.8 Å². The highest BCUT2D eigenvalue weighted by Crippen LogP contribution is 2.34. The van der Waals surface area contributed by atoms with Crippen molar-refractivity contribution in [3.8, 4) is 0 Å². The first-order chi connectivity index (χ1) is 9.66. The molecule has 106 valence electrons.